The molecule has 1 aromatic rings. The summed E-state index contributed by atoms with van der Waals surface area (Å²) in [5, 5.41) is 2.71. The molecule has 0 aliphatic heterocycles. The highest BCUT2D eigenvalue weighted by Crippen LogP contribution is 2.32. The lowest BCUT2D eigenvalue weighted by Gasteiger charge is -2.25. The van der Waals surface area contributed by atoms with Gasteiger partial charge in [0.05, 0.1) is 0 Å². The van der Waals surface area contributed by atoms with E-state index in [-0.39, 0.29) is 12.5 Å². The molecular weight excluding hydrogens is 321 g/mol. The molecule has 112 valence electrons. The highest BCUT2D eigenvalue weighted by atomic mass is 35.6. The minimum absolute atomic E-state index is 0.136. The van der Waals surface area contributed by atoms with Crippen LogP contribution in [0.2, 0.25) is 0 Å². The molecule has 1 unspecified atom stereocenters. The molecule has 0 radical (unpaired) electrons. The molecule has 3 nitrogen and oxygen atoms in total. The third kappa shape index (κ3) is 6.31. The Labute approximate surface area is 134 Å². The largest absolute Gasteiger partial charge is 0.372 e. The van der Waals surface area contributed by atoms with Gasteiger partial charge in [0.25, 0.3) is 5.91 Å². The number of benzene rings is 1. The average molecular weight is 339 g/mol. The van der Waals surface area contributed by atoms with Crippen LogP contribution in [0.1, 0.15) is 24.2 Å². The fraction of sp³-hybridized carbons (Fsp3) is 0.500. The summed E-state index contributed by atoms with van der Waals surface area (Å²) < 4.78 is 3.96. The lowest BCUT2D eigenvalue weighted by molar-refractivity contribution is 0.0375. The van der Waals surface area contributed by atoms with Gasteiger partial charge in [-0.05, 0) is 18.1 Å². The van der Waals surface area contributed by atoms with Gasteiger partial charge in [0.1, 0.15) is 6.10 Å². The van der Waals surface area contributed by atoms with Gasteiger partial charge >= 0.3 is 0 Å². The Morgan fingerprint density at radius 3 is 2.35 bits per heavy atom. The number of nitrogens with one attached hydrogen (secondary N) is 1. The first-order chi connectivity index (χ1) is 9.30. The molecule has 1 N–H and O–H groups in total. The molecular formula is C14H18Cl3NO2. The van der Waals surface area contributed by atoms with Crippen molar-refractivity contribution in [3.63, 3.8) is 0 Å². The molecule has 0 bridgehead atoms. The van der Waals surface area contributed by atoms with E-state index in [0.717, 1.165) is 0 Å². The molecule has 1 rings (SSSR count). The van der Waals surface area contributed by atoms with Crippen LogP contribution in [0.4, 0.5) is 0 Å². The molecule has 6 heteroatoms. The summed E-state index contributed by atoms with van der Waals surface area (Å²) in [5.74, 6) is 0.0904. The Morgan fingerprint density at radius 1 is 1.25 bits per heavy atom. The smallest absolute Gasteiger partial charge is 0.251 e. The summed E-state index contributed by atoms with van der Waals surface area (Å²) in [6.07, 6.45) is -0.692. The van der Waals surface area contributed by atoms with E-state index in [1.165, 1.54) is 0 Å². The van der Waals surface area contributed by atoms with E-state index in [2.05, 4.69) is 5.32 Å². The second kappa shape index (κ2) is 8.08. The van der Waals surface area contributed by atoms with Crippen LogP contribution in [0.15, 0.2) is 30.3 Å². The van der Waals surface area contributed by atoms with Crippen LogP contribution < -0.4 is 5.32 Å². The van der Waals surface area contributed by atoms with Crippen LogP contribution in [0.3, 0.4) is 0 Å². The van der Waals surface area contributed by atoms with Gasteiger partial charge in [0.2, 0.25) is 3.79 Å². The Balaban J connectivity index is 2.56. The van der Waals surface area contributed by atoms with E-state index in [9.17, 15) is 4.79 Å². The molecule has 20 heavy (non-hydrogen) atoms. The number of rotatable bonds is 6. The molecule has 0 aromatic heterocycles. The van der Waals surface area contributed by atoms with Crippen LogP contribution in [-0.4, -0.2) is 29.0 Å². The van der Waals surface area contributed by atoms with Crippen molar-refractivity contribution >= 4 is 40.7 Å². The summed E-state index contributed by atoms with van der Waals surface area (Å²) in [5.41, 5.74) is 0.555. The van der Waals surface area contributed by atoms with Crippen molar-refractivity contribution in [3.05, 3.63) is 35.9 Å². The Morgan fingerprint density at radius 2 is 1.85 bits per heavy atom. The van der Waals surface area contributed by atoms with E-state index in [4.69, 9.17) is 39.5 Å². The third-order valence-corrected chi connectivity index (χ3v) is 3.21. The standard InChI is InChI=1S/C14H18Cl3NO2/c1-10(2)9-20-12(14(15,16)17)8-18-13(19)11-6-4-3-5-7-11/h3-7,10,12H,8-9H2,1-2H3,(H,18,19). The molecule has 0 heterocycles. The van der Waals surface area contributed by atoms with Crippen molar-refractivity contribution in [2.24, 2.45) is 5.92 Å². The van der Waals surface area contributed by atoms with Crippen molar-refractivity contribution in [1.29, 1.82) is 0 Å². The third-order valence-electron chi connectivity index (χ3n) is 2.48. The maximum Gasteiger partial charge on any atom is 0.251 e. The molecule has 0 aliphatic rings. The highest BCUT2D eigenvalue weighted by molar-refractivity contribution is 6.68. The highest BCUT2D eigenvalue weighted by Gasteiger charge is 2.34. The zero-order valence-electron chi connectivity index (χ0n) is 11.4. The predicted octanol–water partition coefficient (Wildman–Crippen LogP) is 3.83. The molecule has 0 spiro atoms. The molecule has 1 atom stereocenters. The zero-order valence-corrected chi connectivity index (χ0v) is 13.7. The topological polar surface area (TPSA) is 38.3 Å². The van der Waals surface area contributed by atoms with Crippen LogP contribution in [0.5, 0.6) is 0 Å². The van der Waals surface area contributed by atoms with Gasteiger partial charge < -0.3 is 10.1 Å². The molecule has 0 aliphatic carbocycles. The predicted molar refractivity (Wildman–Crippen MR) is 83.6 cm³/mol. The van der Waals surface area contributed by atoms with Gasteiger partial charge in [-0.15, -0.1) is 0 Å². The minimum Gasteiger partial charge on any atom is -0.372 e. The van der Waals surface area contributed by atoms with E-state index in [1.54, 1.807) is 24.3 Å². The number of halogens is 3. The zero-order chi connectivity index (χ0) is 15.2. The number of amides is 1. The Bertz CT molecular complexity index is 418. The van der Waals surface area contributed by atoms with Crippen LogP contribution in [-0.2, 0) is 4.74 Å². The monoisotopic (exact) mass is 337 g/mol. The molecule has 0 saturated heterocycles. The lowest BCUT2D eigenvalue weighted by Crippen LogP contribution is -2.41. The number of hydrogen-bond donors (Lipinski definition) is 1. The number of alkyl halides is 3. The minimum atomic E-state index is -1.58. The lowest BCUT2D eigenvalue weighted by atomic mass is 10.2. The van der Waals surface area contributed by atoms with Gasteiger partial charge in [0, 0.05) is 18.7 Å². The van der Waals surface area contributed by atoms with E-state index in [1.807, 2.05) is 19.9 Å². The second-order valence-electron chi connectivity index (χ2n) is 4.83. The quantitative estimate of drug-likeness (QED) is 0.801. The summed E-state index contributed by atoms with van der Waals surface area (Å²) in [6, 6.07) is 8.85. The summed E-state index contributed by atoms with van der Waals surface area (Å²) in [4.78, 5) is 11.9. The fourth-order valence-electron chi connectivity index (χ4n) is 1.45. The molecule has 1 amide bonds. The Hall–Kier alpha value is -0.480. The number of carbonyl (C=O) groups is 1. The van der Waals surface area contributed by atoms with Crippen molar-refractivity contribution in [2.75, 3.05) is 13.2 Å². The molecule has 0 saturated carbocycles. The molecule has 0 fully saturated rings. The second-order valence-corrected chi connectivity index (χ2v) is 7.20. The SMILES string of the molecule is CC(C)COC(CNC(=O)c1ccccc1)C(Cl)(Cl)Cl. The molecule has 1 aromatic carbocycles. The van der Waals surface area contributed by atoms with Crippen molar-refractivity contribution in [2.45, 2.75) is 23.7 Å². The normalized spacial score (nSPS) is 13.3. The van der Waals surface area contributed by atoms with E-state index in [0.29, 0.717) is 18.1 Å². The first kappa shape index (κ1) is 17.6. The fourth-order valence-corrected chi connectivity index (χ4v) is 1.88. The maximum atomic E-state index is 11.9. The number of hydrogen-bond acceptors (Lipinski definition) is 2. The van der Waals surface area contributed by atoms with E-state index >= 15 is 0 Å². The van der Waals surface area contributed by atoms with Crippen LogP contribution in [0, 0.1) is 5.92 Å². The number of ether oxygens (including phenoxy) is 1. The van der Waals surface area contributed by atoms with Crippen molar-refractivity contribution < 1.29 is 9.53 Å². The van der Waals surface area contributed by atoms with Crippen LogP contribution >= 0.6 is 34.8 Å². The van der Waals surface area contributed by atoms with Gasteiger partial charge in [-0.1, -0.05) is 66.8 Å². The van der Waals surface area contributed by atoms with E-state index < -0.39 is 9.90 Å². The summed E-state index contributed by atoms with van der Waals surface area (Å²) >= 11 is 17.6. The summed E-state index contributed by atoms with van der Waals surface area (Å²) in [7, 11) is 0. The van der Waals surface area contributed by atoms with Gasteiger partial charge in [0.15, 0.2) is 0 Å². The first-order valence-corrected chi connectivity index (χ1v) is 7.45. The summed E-state index contributed by atoms with van der Waals surface area (Å²) in [6.45, 7) is 4.59. The number of carbonyl (C=O) groups excluding carboxylic acids is 1. The van der Waals surface area contributed by atoms with Gasteiger partial charge in [-0.25, -0.2) is 0 Å². The van der Waals surface area contributed by atoms with Crippen LogP contribution in [0.25, 0.3) is 0 Å². The van der Waals surface area contributed by atoms with Gasteiger partial charge in [-0.2, -0.15) is 0 Å². The van der Waals surface area contributed by atoms with Gasteiger partial charge in [-0.3, -0.25) is 4.79 Å². The Kier molecular flexibility index (Phi) is 7.10. The maximum absolute atomic E-state index is 11.9. The first-order valence-electron chi connectivity index (χ1n) is 6.32. The van der Waals surface area contributed by atoms with Crippen molar-refractivity contribution in [3.8, 4) is 0 Å². The van der Waals surface area contributed by atoms with Crippen molar-refractivity contribution in [1.82, 2.24) is 5.32 Å². The average Bonchev–Trinajstić information content (AvgIpc) is 2.37.